The van der Waals surface area contributed by atoms with Crippen LogP contribution >= 0.6 is 0 Å². The second-order valence-electron chi connectivity index (χ2n) is 5.63. The summed E-state index contributed by atoms with van der Waals surface area (Å²) in [5.41, 5.74) is 0.590. The van der Waals surface area contributed by atoms with Crippen molar-refractivity contribution in [2.45, 2.75) is 39.2 Å². The van der Waals surface area contributed by atoms with E-state index >= 15 is 0 Å². The third kappa shape index (κ3) is 3.74. The van der Waals surface area contributed by atoms with Crippen LogP contribution in [0, 0.1) is 11.8 Å². The van der Waals surface area contributed by atoms with Gasteiger partial charge in [-0.2, -0.15) is 0 Å². The first-order valence-corrected chi connectivity index (χ1v) is 7.28. The number of amides is 1. The molecule has 114 valence electrons. The fraction of sp³-hybridized carbons (Fsp3) is 0.500. The molecule has 1 aliphatic rings. The van der Waals surface area contributed by atoms with E-state index in [-0.39, 0.29) is 12.0 Å². The van der Waals surface area contributed by atoms with Gasteiger partial charge in [0, 0.05) is 0 Å². The number of carbonyl (C=O) groups excluding carboxylic acids is 1. The van der Waals surface area contributed by atoms with Gasteiger partial charge in [0.1, 0.15) is 5.75 Å². The molecular weight excluding hydrogens is 270 g/mol. The predicted molar refractivity (Wildman–Crippen MR) is 79.3 cm³/mol. The molecule has 1 aliphatic carbocycles. The minimum atomic E-state index is -0.889. The Morgan fingerprint density at radius 2 is 1.90 bits per heavy atom. The molecule has 2 rings (SSSR count). The quantitative estimate of drug-likeness (QED) is 0.874. The summed E-state index contributed by atoms with van der Waals surface area (Å²) < 4.78 is 5.65. The van der Waals surface area contributed by atoms with E-state index in [1.807, 2.05) is 26.0 Å². The van der Waals surface area contributed by atoms with Crippen LogP contribution in [0.15, 0.2) is 24.3 Å². The van der Waals surface area contributed by atoms with Crippen LogP contribution in [0.4, 0.5) is 5.69 Å². The fourth-order valence-corrected chi connectivity index (χ4v) is 2.72. The van der Waals surface area contributed by atoms with Crippen molar-refractivity contribution >= 4 is 17.6 Å². The molecule has 0 aliphatic heterocycles. The van der Waals surface area contributed by atoms with Gasteiger partial charge in [-0.1, -0.05) is 18.6 Å². The van der Waals surface area contributed by atoms with Gasteiger partial charge >= 0.3 is 5.97 Å². The van der Waals surface area contributed by atoms with Crippen LogP contribution in [0.25, 0.3) is 0 Å². The highest BCUT2D eigenvalue weighted by molar-refractivity contribution is 5.96. The molecule has 0 bridgehead atoms. The first kappa shape index (κ1) is 15.4. The van der Waals surface area contributed by atoms with Crippen molar-refractivity contribution in [1.82, 2.24) is 0 Å². The number of nitrogens with one attached hydrogen (secondary N) is 1. The van der Waals surface area contributed by atoms with Crippen molar-refractivity contribution in [3.8, 4) is 5.75 Å². The number of carboxylic acids is 1. The number of para-hydroxylation sites is 2. The van der Waals surface area contributed by atoms with Crippen LogP contribution in [-0.4, -0.2) is 23.1 Å². The molecule has 0 heterocycles. The molecule has 5 heteroatoms. The highest BCUT2D eigenvalue weighted by Gasteiger charge is 2.37. The molecule has 1 aromatic carbocycles. The van der Waals surface area contributed by atoms with Crippen molar-refractivity contribution in [3.63, 3.8) is 0 Å². The van der Waals surface area contributed by atoms with Gasteiger partial charge in [-0.05, 0) is 38.8 Å². The zero-order chi connectivity index (χ0) is 15.4. The smallest absolute Gasteiger partial charge is 0.307 e. The summed E-state index contributed by atoms with van der Waals surface area (Å²) in [6.07, 6.45) is 1.97. The fourth-order valence-electron chi connectivity index (χ4n) is 2.72. The molecule has 0 spiro atoms. The van der Waals surface area contributed by atoms with Gasteiger partial charge in [-0.25, -0.2) is 0 Å². The topological polar surface area (TPSA) is 75.6 Å². The molecule has 1 amide bonds. The predicted octanol–water partition coefficient (Wildman–Crippen LogP) is 2.91. The third-order valence-electron chi connectivity index (χ3n) is 3.68. The standard InChI is InChI=1S/C16H21NO4/c1-10(2)21-14-9-4-3-8-13(14)17-15(18)11-6-5-7-12(11)16(19)20/h3-4,8-12H,5-7H2,1-2H3,(H,17,18)(H,19,20)/t11-,12+/m1/s1. The van der Waals surface area contributed by atoms with Gasteiger partial charge in [0.25, 0.3) is 0 Å². The zero-order valence-corrected chi connectivity index (χ0v) is 12.3. The Morgan fingerprint density at radius 3 is 2.57 bits per heavy atom. The lowest BCUT2D eigenvalue weighted by Crippen LogP contribution is -2.30. The Balaban J connectivity index is 2.11. The molecule has 0 radical (unpaired) electrons. The highest BCUT2D eigenvalue weighted by Crippen LogP contribution is 2.34. The molecule has 2 atom stereocenters. The molecule has 2 N–H and O–H groups in total. The molecule has 5 nitrogen and oxygen atoms in total. The van der Waals surface area contributed by atoms with Crippen molar-refractivity contribution in [3.05, 3.63) is 24.3 Å². The lowest BCUT2D eigenvalue weighted by atomic mass is 9.95. The molecule has 0 aromatic heterocycles. The highest BCUT2D eigenvalue weighted by atomic mass is 16.5. The first-order valence-electron chi connectivity index (χ1n) is 7.28. The van der Waals surface area contributed by atoms with Crippen LogP contribution in [0.2, 0.25) is 0 Å². The van der Waals surface area contributed by atoms with Crippen molar-refractivity contribution in [1.29, 1.82) is 0 Å². The monoisotopic (exact) mass is 291 g/mol. The number of aliphatic carboxylic acids is 1. The Morgan fingerprint density at radius 1 is 1.24 bits per heavy atom. The van der Waals surface area contributed by atoms with Crippen LogP contribution < -0.4 is 10.1 Å². The SMILES string of the molecule is CC(C)Oc1ccccc1NC(=O)[C@@H]1CCC[C@@H]1C(=O)O. The number of hydrogen-bond acceptors (Lipinski definition) is 3. The second kappa shape index (κ2) is 6.61. The Labute approximate surface area is 124 Å². The summed E-state index contributed by atoms with van der Waals surface area (Å²) in [7, 11) is 0. The normalized spacial score (nSPS) is 21.3. The van der Waals surface area contributed by atoms with Gasteiger partial charge < -0.3 is 15.2 Å². The Bertz CT molecular complexity index is 527. The van der Waals surface area contributed by atoms with E-state index in [9.17, 15) is 9.59 Å². The molecule has 0 unspecified atom stereocenters. The van der Waals surface area contributed by atoms with E-state index < -0.39 is 17.8 Å². The Hall–Kier alpha value is -2.04. The van der Waals surface area contributed by atoms with Crippen molar-refractivity contribution in [2.24, 2.45) is 11.8 Å². The average molecular weight is 291 g/mol. The van der Waals surface area contributed by atoms with Crippen molar-refractivity contribution in [2.75, 3.05) is 5.32 Å². The van der Waals surface area contributed by atoms with Gasteiger partial charge in [0.05, 0.1) is 23.6 Å². The summed E-state index contributed by atoms with van der Waals surface area (Å²) in [5.74, 6) is -1.57. The number of hydrogen-bond donors (Lipinski definition) is 2. The van der Waals surface area contributed by atoms with Crippen LogP contribution in [-0.2, 0) is 9.59 Å². The van der Waals surface area contributed by atoms with E-state index in [0.29, 0.717) is 24.3 Å². The lowest BCUT2D eigenvalue weighted by molar-refractivity contribution is -0.145. The van der Waals surface area contributed by atoms with E-state index in [1.54, 1.807) is 12.1 Å². The summed E-state index contributed by atoms with van der Waals surface area (Å²) in [6.45, 7) is 3.83. The number of ether oxygens (including phenoxy) is 1. The summed E-state index contributed by atoms with van der Waals surface area (Å²) in [5, 5.41) is 12.0. The number of benzene rings is 1. The lowest BCUT2D eigenvalue weighted by Gasteiger charge is -2.18. The molecule has 0 saturated heterocycles. The zero-order valence-electron chi connectivity index (χ0n) is 12.3. The summed E-state index contributed by atoms with van der Waals surface area (Å²) >= 11 is 0. The molecular formula is C16H21NO4. The van der Waals surface area contributed by atoms with Crippen LogP contribution in [0.1, 0.15) is 33.1 Å². The maximum Gasteiger partial charge on any atom is 0.307 e. The summed E-state index contributed by atoms with van der Waals surface area (Å²) in [4.78, 5) is 23.5. The molecule has 1 fully saturated rings. The van der Waals surface area contributed by atoms with E-state index in [0.717, 1.165) is 6.42 Å². The van der Waals surface area contributed by atoms with E-state index in [2.05, 4.69) is 5.32 Å². The minimum Gasteiger partial charge on any atom is -0.489 e. The van der Waals surface area contributed by atoms with Gasteiger partial charge in [-0.3, -0.25) is 9.59 Å². The maximum absolute atomic E-state index is 12.3. The second-order valence-corrected chi connectivity index (χ2v) is 5.63. The minimum absolute atomic E-state index is 0.00120. The van der Waals surface area contributed by atoms with E-state index in [4.69, 9.17) is 9.84 Å². The first-order chi connectivity index (χ1) is 9.99. The number of anilines is 1. The number of rotatable bonds is 5. The van der Waals surface area contributed by atoms with E-state index in [1.165, 1.54) is 0 Å². The van der Waals surface area contributed by atoms with Gasteiger partial charge in [0.2, 0.25) is 5.91 Å². The molecule has 1 saturated carbocycles. The van der Waals surface area contributed by atoms with Gasteiger partial charge in [0.15, 0.2) is 0 Å². The Kier molecular flexibility index (Phi) is 4.83. The van der Waals surface area contributed by atoms with Crippen LogP contribution in [0.5, 0.6) is 5.75 Å². The third-order valence-corrected chi connectivity index (χ3v) is 3.68. The van der Waals surface area contributed by atoms with Crippen molar-refractivity contribution < 1.29 is 19.4 Å². The average Bonchev–Trinajstić information content (AvgIpc) is 2.90. The van der Waals surface area contributed by atoms with Gasteiger partial charge in [-0.15, -0.1) is 0 Å². The van der Waals surface area contributed by atoms with Crippen LogP contribution in [0.3, 0.4) is 0 Å². The summed E-state index contributed by atoms with van der Waals surface area (Å²) in [6, 6.07) is 7.20. The number of carboxylic acid groups (broad SMARTS) is 1. The number of carbonyl (C=O) groups is 2. The maximum atomic E-state index is 12.3. The largest absolute Gasteiger partial charge is 0.489 e. The molecule has 21 heavy (non-hydrogen) atoms. The molecule has 1 aromatic rings.